The van der Waals surface area contributed by atoms with Crippen molar-refractivity contribution in [1.29, 1.82) is 0 Å². The van der Waals surface area contributed by atoms with Crippen LogP contribution in [0.25, 0.3) is 0 Å². The van der Waals surface area contributed by atoms with Gasteiger partial charge < -0.3 is 21.5 Å². The first-order chi connectivity index (χ1) is 8.61. The first kappa shape index (κ1) is 14.9. The summed E-state index contributed by atoms with van der Waals surface area (Å²) in [7, 11) is 0. The summed E-state index contributed by atoms with van der Waals surface area (Å²) in [6.45, 7) is 1.49. The summed E-state index contributed by atoms with van der Waals surface area (Å²) in [5.74, 6) is -0.914. The summed E-state index contributed by atoms with van der Waals surface area (Å²) in [6, 6.07) is -0.847. The number of nitrogens with one attached hydrogen (secondary N) is 2. The van der Waals surface area contributed by atoms with Crippen LogP contribution >= 0.6 is 0 Å². The van der Waals surface area contributed by atoms with Gasteiger partial charge in [-0.1, -0.05) is 6.42 Å². The first-order valence-corrected chi connectivity index (χ1v) is 6.60. The van der Waals surface area contributed by atoms with Gasteiger partial charge in [-0.2, -0.15) is 0 Å². The van der Waals surface area contributed by atoms with E-state index < -0.39 is 12.0 Å². The molecule has 0 aliphatic carbocycles. The fourth-order valence-corrected chi connectivity index (χ4v) is 2.02. The molecule has 0 radical (unpaired) electrons. The third-order valence-electron chi connectivity index (χ3n) is 3.19. The molecule has 1 amide bonds. The van der Waals surface area contributed by atoms with Crippen molar-refractivity contribution in [2.45, 2.75) is 50.6 Å². The number of rotatable bonds is 7. The number of carbonyl (C=O) groups excluding carboxylic acids is 1. The van der Waals surface area contributed by atoms with Gasteiger partial charge in [0.05, 0.1) is 6.04 Å². The molecule has 0 aromatic carbocycles. The van der Waals surface area contributed by atoms with Crippen LogP contribution in [0.15, 0.2) is 0 Å². The number of hydrogen-bond acceptors (Lipinski definition) is 4. The lowest BCUT2D eigenvalue weighted by molar-refractivity contribution is -0.138. The minimum Gasteiger partial charge on any atom is -0.480 e. The lowest BCUT2D eigenvalue weighted by Gasteiger charge is -2.22. The standard InChI is InChI=1S/C12H23N3O3/c13-9(12(17)18)5-1-3-8-15-11(16)10-6-2-4-7-14-10/h9-10,14H,1-8,13H2,(H,15,16)(H,17,18)/t9-,10+/m0/s1. The van der Waals surface area contributed by atoms with Crippen molar-refractivity contribution in [3.05, 3.63) is 0 Å². The second-order valence-electron chi connectivity index (χ2n) is 4.73. The number of amides is 1. The van der Waals surface area contributed by atoms with E-state index in [1.54, 1.807) is 0 Å². The molecule has 0 spiro atoms. The molecule has 0 aromatic heterocycles. The Kier molecular flexibility index (Phi) is 6.67. The van der Waals surface area contributed by atoms with Gasteiger partial charge in [0.1, 0.15) is 6.04 Å². The van der Waals surface area contributed by atoms with Gasteiger partial charge in [0.15, 0.2) is 0 Å². The van der Waals surface area contributed by atoms with E-state index in [1.165, 1.54) is 0 Å². The molecule has 2 atom stereocenters. The largest absolute Gasteiger partial charge is 0.480 e. The quantitative estimate of drug-likeness (QED) is 0.474. The SMILES string of the molecule is N[C@@H](CCCCNC(=O)[C@H]1CCCCN1)C(=O)O. The molecule has 1 aliphatic heterocycles. The Bertz CT molecular complexity index is 278. The molecular weight excluding hydrogens is 234 g/mol. The van der Waals surface area contributed by atoms with Crippen LogP contribution in [0.2, 0.25) is 0 Å². The van der Waals surface area contributed by atoms with Crippen LogP contribution in [0.5, 0.6) is 0 Å². The van der Waals surface area contributed by atoms with Crippen molar-refractivity contribution in [2.75, 3.05) is 13.1 Å². The van der Waals surface area contributed by atoms with Gasteiger partial charge in [-0.25, -0.2) is 0 Å². The van der Waals surface area contributed by atoms with Crippen LogP contribution < -0.4 is 16.4 Å². The van der Waals surface area contributed by atoms with Crippen molar-refractivity contribution >= 4 is 11.9 Å². The molecule has 0 bridgehead atoms. The summed E-state index contributed by atoms with van der Waals surface area (Å²) in [6.07, 6.45) is 5.06. The van der Waals surface area contributed by atoms with Crippen LogP contribution in [0.4, 0.5) is 0 Å². The van der Waals surface area contributed by atoms with Crippen molar-refractivity contribution in [3.63, 3.8) is 0 Å². The average molecular weight is 257 g/mol. The van der Waals surface area contributed by atoms with Gasteiger partial charge in [0.25, 0.3) is 0 Å². The van der Waals surface area contributed by atoms with E-state index in [1.807, 2.05) is 0 Å². The molecule has 1 saturated heterocycles. The number of carbonyl (C=O) groups is 2. The molecule has 0 saturated carbocycles. The maximum absolute atomic E-state index is 11.7. The Labute approximate surface area is 107 Å². The van der Waals surface area contributed by atoms with E-state index in [0.717, 1.165) is 32.2 Å². The minimum atomic E-state index is -0.967. The first-order valence-electron chi connectivity index (χ1n) is 6.60. The molecule has 0 aromatic rings. The Hall–Kier alpha value is -1.14. The molecule has 5 N–H and O–H groups in total. The Morgan fingerprint density at radius 1 is 1.39 bits per heavy atom. The maximum atomic E-state index is 11.7. The van der Waals surface area contributed by atoms with Gasteiger partial charge in [-0.15, -0.1) is 0 Å². The topological polar surface area (TPSA) is 104 Å². The predicted molar refractivity (Wildman–Crippen MR) is 68.1 cm³/mol. The van der Waals surface area contributed by atoms with Gasteiger partial charge in [-0.3, -0.25) is 9.59 Å². The summed E-state index contributed by atoms with van der Waals surface area (Å²) in [5.41, 5.74) is 5.38. The number of nitrogens with two attached hydrogens (primary N) is 1. The van der Waals surface area contributed by atoms with Crippen molar-refractivity contribution in [1.82, 2.24) is 10.6 Å². The number of piperidine rings is 1. The fraction of sp³-hybridized carbons (Fsp3) is 0.833. The third-order valence-corrected chi connectivity index (χ3v) is 3.19. The summed E-state index contributed by atoms with van der Waals surface area (Å²) in [5, 5.41) is 14.6. The Morgan fingerprint density at radius 2 is 2.17 bits per heavy atom. The minimum absolute atomic E-state index is 0.0530. The molecule has 1 fully saturated rings. The molecule has 6 nitrogen and oxygen atoms in total. The number of unbranched alkanes of at least 4 members (excludes halogenated alkanes) is 1. The molecule has 18 heavy (non-hydrogen) atoms. The van der Waals surface area contributed by atoms with Gasteiger partial charge in [-0.05, 0) is 38.6 Å². The highest BCUT2D eigenvalue weighted by molar-refractivity contribution is 5.81. The number of hydrogen-bond donors (Lipinski definition) is 4. The predicted octanol–water partition coefficient (Wildman–Crippen LogP) is -0.173. The van der Waals surface area contributed by atoms with Crippen LogP contribution in [0.1, 0.15) is 38.5 Å². The summed E-state index contributed by atoms with van der Waals surface area (Å²) < 4.78 is 0. The maximum Gasteiger partial charge on any atom is 0.320 e. The molecular formula is C12H23N3O3. The number of carboxylic acid groups (broad SMARTS) is 1. The molecule has 1 rings (SSSR count). The summed E-state index contributed by atoms with van der Waals surface area (Å²) in [4.78, 5) is 22.2. The smallest absolute Gasteiger partial charge is 0.320 e. The molecule has 6 heteroatoms. The number of carboxylic acids is 1. The van der Waals surface area contributed by atoms with Crippen LogP contribution in [0, 0.1) is 0 Å². The lowest BCUT2D eigenvalue weighted by Crippen LogP contribution is -2.46. The molecule has 0 unspecified atom stereocenters. The highest BCUT2D eigenvalue weighted by Crippen LogP contribution is 2.06. The van der Waals surface area contributed by atoms with E-state index in [9.17, 15) is 9.59 Å². The number of aliphatic carboxylic acids is 1. The van der Waals surface area contributed by atoms with Crippen LogP contribution in [0.3, 0.4) is 0 Å². The molecule has 1 heterocycles. The van der Waals surface area contributed by atoms with E-state index in [-0.39, 0.29) is 11.9 Å². The van der Waals surface area contributed by atoms with E-state index in [2.05, 4.69) is 10.6 Å². The lowest BCUT2D eigenvalue weighted by atomic mass is 10.0. The van der Waals surface area contributed by atoms with Crippen molar-refractivity contribution in [3.8, 4) is 0 Å². The Morgan fingerprint density at radius 3 is 2.78 bits per heavy atom. The Balaban J connectivity index is 2.03. The van der Waals surface area contributed by atoms with Crippen LogP contribution in [-0.4, -0.2) is 42.2 Å². The zero-order valence-electron chi connectivity index (χ0n) is 10.7. The van der Waals surface area contributed by atoms with E-state index in [4.69, 9.17) is 10.8 Å². The molecule has 104 valence electrons. The van der Waals surface area contributed by atoms with Crippen molar-refractivity contribution in [2.24, 2.45) is 5.73 Å². The second-order valence-corrected chi connectivity index (χ2v) is 4.73. The van der Waals surface area contributed by atoms with E-state index in [0.29, 0.717) is 19.4 Å². The van der Waals surface area contributed by atoms with E-state index >= 15 is 0 Å². The third kappa shape index (κ3) is 5.46. The summed E-state index contributed by atoms with van der Waals surface area (Å²) >= 11 is 0. The average Bonchev–Trinajstić information content (AvgIpc) is 2.38. The fourth-order valence-electron chi connectivity index (χ4n) is 2.02. The van der Waals surface area contributed by atoms with Gasteiger partial charge in [0.2, 0.25) is 5.91 Å². The zero-order chi connectivity index (χ0) is 13.4. The van der Waals surface area contributed by atoms with Crippen LogP contribution in [-0.2, 0) is 9.59 Å². The van der Waals surface area contributed by atoms with Gasteiger partial charge >= 0.3 is 5.97 Å². The molecule has 1 aliphatic rings. The zero-order valence-corrected chi connectivity index (χ0v) is 10.7. The van der Waals surface area contributed by atoms with Crippen molar-refractivity contribution < 1.29 is 14.7 Å². The highest BCUT2D eigenvalue weighted by atomic mass is 16.4. The normalized spacial score (nSPS) is 21.3. The van der Waals surface area contributed by atoms with Gasteiger partial charge in [0, 0.05) is 6.54 Å². The second kappa shape index (κ2) is 8.05. The monoisotopic (exact) mass is 257 g/mol. The highest BCUT2D eigenvalue weighted by Gasteiger charge is 2.19.